The summed E-state index contributed by atoms with van der Waals surface area (Å²) in [6.07, 6.45) is 3.21. The van der Waals surface area contributed by atoms with Gasteiger partial charge in [0.1, 0.15) is 12.7 Å². The lowest BCUT2D eigenvalue weighted by molar-refractivity contribution is -0.385. The molecule has 0 bridgehead atoms. The van der Waals surface area contributed by atoms with E-state index in [4.69, 9.17) is 14.0 Å². The first-order valence-electron chi connectivity index (χ1n) is 9.01. The minimum Gasteiger partial charge on any atom is -0.486 e. The number of aryl methyl sites for hydroxylation is 1. The van der Waals surface area contributed by atoms with E-state index < -0.39 is 21.1 Å². The number of carbonyl (C=O) groups is 1. The predicted octanol–water partition coefficient (Wildman–Crippen LogP) is 3.22. The Morgan fingerprint density at radius 1 is 1.27 bits per heavy atom. The first-order chi connectivity index (χ1) is 14.1. The van der Waals surface area contributed by atoms with Gasteiger partial charge in [0.2, 0.25) is 0 Å². The minimum absolute atomic E-state index is 0.162. The Labute approximate surface area is 172 Å². The second-order valence-corrected chi connectivity index (χ2v) is 8.16. The van der Waals surface area contributed by atoms with Crippen LogP contribution in [0.15, 0.2) is 47.4 Å². The van der Waals surface area contributed by atoms with Crippen molar-refractivity contribution in [2.24, 2.45) is 0 Å². The van der Waals surface area contributed by atoms with Gasteiger partial charge in [0.25, 0.3) is 15.8 Å². The largest absolute Gasteiger partial charge is 0.486 e. The highest BCUT2D eigenvalue weighted by Gasteiger charge is 2.28. The summed E-state index contributed by atoms with van der Waals surface area (Å²) in [6.45, 7) is 1.58. The van der Waals surface area contributed by atoms with E-state index in [9.17, 15) is 23.3 Å². The van der Waals surface area contributed by atoms with Gasteiger partial charge in [0.05, 0.1) is 15.4 Å². The number of ketones is 1. The SMILES string of the molecule is CC(=O)C=Cc1c([N+](=O)[O-])ccc2c1O[C@H](CCc1ccc(S(=O)(=O)O)cc1)CO2. The molecule has 1 atom stereocenters. The smallest absolute Gasteiger partial charge is 0.294 e. The zero-order valence-electron chi connectivity index (χ0n) is 16.0. The Morgan fingerprint density at radius 2 is 1.97 bits per heavy atom. The third-order valence-electron chi connectivity index (χ3n) is 4.50. The van der Waals surface area contributed by atoms with Gasteiger partial charge in [0.15, 0.2) is 17.3 Å². The highest BCUT2D eigenvalue weighted by atomic mass is 32.2. The van der Waals surface area contributed by atoms with Crippen molar-refractivity contribution in [1.29, 1.82) is 0 Å². The summed E-state index contributed by atoms with van der Waals surface area (Å²) in [5.74, 6) is 0.306. The van der Waals surface area contributed by atoms with Gasteiger partial charge in [-0.3, -0.25) is 19.5 Å². The molecule has 0 fully saturated rings. The Hall–Kier alpha value is -3.24. The van der Waals surface area contributed by atoms with Crippen LogP contribution in [-0.2, 0) is 21.3 Å². The number of carbonyl (C=O) groups excluding carboxylic acids is 1. The molecule has 0 aliphatic carbocycles. The van der Waals surface area contributed by atoms with Crippen molar-refractivity contribution in [2.45, 2.75) is 30.8 Å². The van der Waals surface area contributed by atoms with Gasteiger partial charge in [-0.25, -0.2) is 0 Å². The van der Waals surface area contributed by atoms with Gasteiger partial charge < -0.3 is 9.47 Å². The Kier molecular flexibility index (Phi) is 6.18. The van der Waals surface area contributed by atoms with Crippen molar-refractivity contribution in [3.8, 4) is 11.5 Å². The summed E-state index contributed by atoms with van der Waals surface area (Å²) < 4.78 is 42.9. The van der Waals surface area contributed by atoms with Crippen LogP contribution in [0.1, 0.15) is 24.5 Å². The number of benzene rings is 2. The van der Waals surface area contributed by atoms with Crippen molar-refractivity contribution in [3.05, 3.63) is 63.7 Å². The molecule has 0 saturated heterocycles. The van der Waals surface area contributed by atoms with Crippen molar-refractivity contribution < 1.29 is 32.2 Å². The number of rotatable bonds is 7. The van der Waals surface area contributed by atoms with Gasteiger partial charge in [-0.05, 0) is 55.7 Å². The number of hydrogen-bond acceptors (Lipinski definition) is 7. The molecule has 3 rings (SSSR count). The molecule has 2 aromatic carbocycles. The number of nitrogens with zero attached hydrogens (tertiary/aromatic N) is 1. The minimum atomic E-state index is -4.25. The molecule has 1 N–H and O–H groups in total. The first kappa shape index (κ1) is 21.5. The summed E-state index contributed by atoms with van der Waals surface area (Å²) >= 11 is 0. The number of hydrogen-bond donors (Lipinski definition) is 1. The van der Waals surface area contributed by atoms with E-state index >= 15 is 0 Å². The van der Waals surface area contributed by atoms with Crippen molar-refractivity contribution in [2.75, 3.05) is 6.61 Å². The number of fused-ring (bicyclic) bond motifs is 1. The summed E-state index contributed by atoms with van der Waals surface area (Å²) in [5, 5.41) is 11.4. The number of nitro groups is 1. The standard InChI is InChI=1S/C20H19NO8S/c1-13(22)2-9-17-18(21(23)24)10-11-19-20(17)29-15(12-28-19)6-3-14-4-7-16(8-5-14)30(25,26)27/h2,4-5,7-11,15H,3,6,12H2,1H3,(H,25,26,27)/t15-/m1/s1. The molecule has 10 heteroatoms. The van der Waals surface area contributed by atoms with E-state index in [0.717, 1.165) is 5.56 Å². The number of allylic oxidation sites excluding steroid dienone is 1. The molecule has 1 aliphatic heterocycles. The van der Waals surface area contributed by atoms with Gasteiger partial charge >= 0.3 is 0 Å². The molecule has 0 spiro atoms. The average molecular weight is 433 g/mol. The van der Waals surface area contributed by atoms with Gasteiger partial charge in [-0.15, -0.1) is 0 Å². The van der Waals surface area contributed by atoms with E-state index in [2.05, 4.69) is 0 Å². The highest BCUT2D eigenvalue weighted by Crippen LogP contribution is 2.41. The van der Waals surface area contributed by atoms with E-state index in [-0.39, 0.29) is 34.3 Å². The molecule has 0 saturated carbocycles. The van der Waals surface area contributed by atoms with Crippen molar-refractivity contribution in [1.82, 2.24) is 0 Å². The lowest BCUT2D eigenvalue weighted by Gasteiger charge is -2.27. The molecule has 0 unspecified atom stereocenters. The summed E-state index contributed by atoms with van der Waals surface area (Å²) in [5.41, 5.74) is 0.791. The van der Waals surface area contributed by atoms with E-state index in [1.54, 1.807) is 12.1 Å². The fraction of sp³-hybridized carbons (Fsp3) is 0.250. The maximum atomic E-state index is 11.4. The van der Waals surface area contributed by atoms with Gasteiger partial charge in [-0.2, -0.15) is 8.42 Å². The molecule has 1 heterocycles. The molecule has 0 aromatic heterocycles. The normalized spacial score (nSPS) is 15.9. The van der Waals surface area contributed by atoms with Crippen LogP contribution in [0.3, 0.4) is 0 Å². The lowest BCUT2D eigenvalue weighted by Crippen LogP contribution is -2.30. The molecule has 9 nitrogen and oxygen atoms in total. The van der Waals surface area contributed by atoms with E-state index in [1.165, 1.54) is 43.3 Å². The zero-order chi connectivity index (χ0) is 21.9. The molecule has 30 heavy (non-hydrogen) atoms. The third-order valence-corrected chi connectivity index (χ3v) is 5.37. The van der Waals surface area contributed by atoms with Crippen molar-refractivity contribution >= 4 is 27.7 Å². The predicted molar refractivity (Wildman–Crippen MR) is 107 cm³/mol. The second kappa shape index (κ2) is 8.64. The Morgan fingerprint density at radius 3 is 2.57 bits per heavy atom. The second-order valence-electron chi connectivity index (χ2n) is 6.74. The molecule has 158 valence electrons. The molecule has 0 amide bonds. The molecular formula is C20H19NO8S. The Balaban J connectivity index is 1.78. The fourth-order valence-electron chi connectivity index (χ4n) is 3.01. The first-order valence-corrected chi connectivity index (χ1v) is 10.4. The molecule has 1 aliphatic rings. The summed E-state index contributed by atoms with van der Waals surface area (Å²) in [7, 11) is -4.25. The van der Waals surface area contributed by atoms with E-state index in [0.29, 0.717) is 18.6 Å². The topological polar surface area (TPSA) is 133 Å². The van der Waals surface area contributed by atoms with Gasteiger partial charge in [-0.1, -0.05) is 12.1 Å². The maximum Gasteiger partial charge on any atom is 0.294 e. The molecular weight excluding hydrogens is 414 g/mol. The van der Waals surface area contributed by atoms with Crippen LogP contribution in [0.25, 0.3) is 6.08 Å². The fourth-order valence-corrected chi connectivity index (χ4v) is 3.49. The zero-order valence-corrected chi connectivity index (χ0v) is 16.8. The quantitative estimate of drug-likeness (QED) is 0.305. The Bertz CT molecular complexity index is 1110. The van der Waals surface area contributed by atoms with Gasteiger partial charge in [0, 0.05) is 6.07 Å². The average Bonchev–Trinajstić information content (AvgIpc) is 2.69. The summed E-state index contributed by atoms with van der Waals surface area (Å²) in [6, 6.07) is 8.57. The van der Waals surface area contributed by atoms with Crippen LogP contribution >= 0.6 is 0 Å². The maximum absolute atomic E-state index is 11.4. The molecule has 2 aromatic rings. The van der Waals surface area contributed by atoms with Crippen LogP contribution < -0.4 is 9.47 Å². The van der Waals surface area contributed by atoms with Crippen LogP contribution in [0, 0.1) is 10.1 Å². The van der Waals surface area contributed by atoms with Crippen LogP contribution in [0.4, 0.5) is 5.69 Å². The monoisotopic (exact) mass is 433 g/mol. The third kappa shape index (κ3) is 5.02. The summed E-state index contributed by atoms with van der Waals surface area (Å²) in [4.78, 5) is 21.9. The number of ether oxygens (including phenoxy) is 2. The molecule has 0 radical (unpaired) electrons. The number of nitro benzene ring substituents is 1. The highest BCUT2D eigenvalue weighted by molar-refractivity contribution is 7.85. The van der Waals surface area contributed by atoms with Crippen molar-refractivity contribution in [3.63, 3.8) is 0 Å². The van der Waals surface area contributed by atoms with Crippen LogP contribution in [-0.4, -0.2) is 36.4 Å². The van der Waals surface area contributed by atoms with Crippen LogP contribution in [0.2, 0.25) is 0 Å². The van der Waals surface area contributed by atoms with E-state index in [1.807, 2.05) is 0 Å². The lowest BCUT2D eigenvalue weighted by atomic mass is 10.1. The van der Waals surface area contributed by atoms with Crippen LogP contribution in [0.5, 0.6) is 11.5 Å².